The first kappa shape index (κ1) is 22.6. The monoisotopic (exact) mass is 444 g/mol. The van der Waals surface area contributed by atoms with Gasteiger partial charge in [-0.1, -0.05) is 39.5 Å². The number of hydrogen-bond donors (Lipinski definition) is 2. The second kappa shape index (κ2) is 10.8. The third kappa shape index (κ3) is 6.43. The molecule has 0 unspecified atom stereocenters. The highest BCUT2D eigenvalue weighted by Gasteiger charge is 2.25. The molecule has 2 N–H and O–H groups in total. The van der Waals surface area contributed by atoms with E-state index in [1.165, 1.54) is 64.2 Å². The molecule has 3 fully saturated rings. The van der Waals surface area contributed by atoms with E-state index in [1.807, 2.05) is 0 Å². The van der Waals surface area contributed by atoms with E-state index >= 15 is 0 Å². The van der Waals surface area contributed by atoms with Gasteiger partial charge >= 0.3 is 0 Å². The SMILES string of the molecule is C[C@@H]1C[C@@H](C)CN(c2cc(N3CCCCC3)nc(NC(=S)NC3CCCCCC3)n2)C1. The number of rotatable bonds is 4. The standard InChI is InChI=1S/C24H40N6S/c1-18-14-19(2)17-30(16-18)22-15-21(29-12-8-5-9-13-29)26-23(27-22)28-24(31)25-20-10-6-3-4-7-11-20/h15,18-20H,3-14,16-17H2,1-2H3,(H2,25,26,27,28,31)/t18-,19-/m1/s1. The summed E-state index contributed by atoms with van der Waals surface area (Å²) in [6, 6.07) is 2.67. The van der Waals surface area contributed by atoms with Crippen molar-refractivity contribution in [3.63, 3.8) is 0 Å². The summed E-state index contributed by atoms with van der Waals surface area (Å²) < 4.78 is 0. The van der Waals surface area contributed by atoms with Crippen LogP contribution in [0.4, 0.5) is 17.6 Å². The third-order valence-corrected chi connectivity index (χ3v) is 7.21. The summed E-state index contributed by atoms with van der Waals surface area (Å²) in [5.41, 5.74) is 0. The van der Waals surface area contributed by atoms with E-state index in [2.05, 4.69) is 40.3 Å². The maximum Gasteiger partial charge on any atom is 0.232 e. The van der Waals surface area contributed by atoms with Gasteiger partial charge in [0.25, 0.3) is 0 Å². The summed E-state index contributed by atoms with van der Waals surface area (Å²) in [4.78, 5) is 14.7. The van der Waals surface area contributed by atoms with Crippen molar-refractivity contribution in [3.05, 3.63) is 6.07 Å². The highest BCUT2D eigenvalue weighted by molar-refractivity contribution is 7.80. The van der Waals surface area contributed by atoms with E-state index in [9.17, 15) is 0 Å². The maximum atomic E-state index is 5.67. The van der Waals surface area contributed by atoms with Crippen molar-refractivity contribution < 1.29 is 0 Å². The molecule has 0 radical (unpaired) electrons. The number of nitrogens with one attached hydrogen (secondary N) is 2. The van der Waals surface area contributed by atoms with Crippen molar-refractivity contribution in [2.45, 2.75) is 84.1 Å². The molecular formula is C24H40N6S. The first-order valence-electron chi connectivity index (χ1n) is 12.5. The Morgan fingerprint density at radius 2 is 1.45 bits per heavy atom. The number of nitrogens with zero attached hydrogens (tertiary/aromatic N) is 4. The lowest BCUT2D eigenvalue weighted by Gasteiger charge is -2.36. The molecule has 0 bridgehead atoms. The molecule has 2 atom stereocenters. The summed E-state index contributed by atoms with van der Waals surface area (Å²) in [5, 5.41) is 7.53. The highest BCUT2D eigenvalue weighted by atomic mass is 32.1. The molecule has 7 heteroatoms. The maximum absolute atomic E-state index is 5.67. The van der Waals surface area contributed by atoms with E-state index in [4.69, 9.17) is 22.2 Å². The normalized spacial score (nSPS) is 25.7. The predicted octanol–water partition coefficient (Wildman–Crippen LogP) is 4.96. The molecule has 31 heavy (non-hydrogen) atoms. The zero-order valence-corrected chi connectivity index (χ0v) is 20.2. The van der Waals surface area contributed by atoms with Gasteiger partial charge in [-0.15, -0.1) is 0 Å². The number of hydrogen-bond acceptors (Lipinski definition) is 5. The Balaban J connectivity index is 1.51. The zero-order chi connectivity index (χ0) is 21.6. The van der Waals surface area contributed by atoms with Gasteiger partial charge in [0.1, 0.15) is 11.6 Å². The molecular weight excluding hydrogens is 404 g/mol. The number of aromatic nitrogens is 2. The Morgan fingerprint density at radius 1 is 0.871 bits per heavy atom. The van der Waals surface area contributed by atoms with E-state index in [1.54, 1.807) is 0 Å². The van der Waals surface area contributed by atoms with Crippen molar-refractivity contribution in [2.24, 2.45) is 11.8 Å². The average molecular weight is 445 g/mol. The highest BCUT2D eigenvalue weighted by Crippen LogP contribution is 2.29. The molecule has 4 rings (SSSR count). The Kier molecular flexibility index (Phi) is 7.86. The van der Waals surface area contributed by atoms with Gasteiger partial charge in [0.2, 0.25) is 5.95 Å². The van der Waals surface area contributed by atoms with Crippen molar-refractivity contribution in [1.82, 2.24) is 15.3 Å². The number of thiocarbonyl (C=S) groups is 1. The van der Waals surface area contributed by atoms with Crippen LogP contribution in [0.25, 0.3) is 0 Å². The quantitative estimate of drug-likeness (QED) is 0.503. The Bertz CT molecular complexity index is 717. The predicted molar refractivity (Wildman–Crippen MR) is 134 cm³/mol. The Morgan fingerprint density at radius 3 is 2.10 bits per heavy atom. The first-order valence-corrected chi connectivity index (χ1v) is 12.9. The molecule has 3 aliphatic rings. The smallest absolute Gasteiger partial charge is 0.232 e. The van der Waals surface area contributed by atoms with Crippen LogP contribution in [0.1, 0.15) is 78.1 Å². The summed E-state index contributed by atoms with van der Waals surface area (Å²) >= 11 is 5.67. The Labute approximate surface area is 193 Å². The lowest BCUT2D eigenvalue weighted by atomic mass is 9.92. The first-order chi connectivity index (χ1) is 15.1. The molecule has 1 aliphatic carbocycles. The van der Waals surface area contributed by atoms with Gasteiger partial charge < -0.3 is 20.4 Å². The minimum atomic E-state index is 0.469. The van der Waals surface area contributed by atoms with Crippen LogP contribution in [0.5, 0.6) is 0 Å². The fourth-order valence-corrected chi connectivity index (χ4v) is 5.78. The second-order valence-electron chi connectivity index (χ2n) is 10.1. The van der Waals surface area contributed by atoms with Crippen LogP contribution >= 0.6 is 12.2 Å². The average Bonchev–Trinajstić information content (AvgIpc) is 3.02. The largest absolute Gasteiger partial charge is 0.360 e. The van der Waals surface area contributed by atoms with Crippen LogP contribution < -0.4 is 20.4 Å². The van der Waals surface area contributed by atoms with Crippen LogP contribution in [0.15, 0.2) is 6.07 Å². The molecule has 3 heterocycles. The van der Waals surface area contributed by atoms with Crippen LogP contribution in [0.2, 0.25) is 0 Å². The van der Waals surface area contributed by atoms with Gasteiger partial charge in [-0.2, -0.15) is 9.97 Å². The van der Waals surface area contributed by atoms with Gasteiger partial charge in [0, 0.05) is 38.3 Å². The van der Waals surface area contributed by atoms with Crippen molar-refractivity contribution >= 4 is 34.9 Å². The van der Waals surface area contributed by atoms with Gasteiger partial charge in [0.05, 0.1) is 0 Å². The Hall–Kier alpha value is -1.63. The lowest BCUT2D eigenvalue weighted by Crippen LogP contribution is -2.40. The van der Waals surface area contributed by atoms with Gasteiger partial charge in [0.15, 0.2) is 5.11 Å². The minimum absolute atomic E-state index is 0.469. The topological polar surface area (TPSA) is 56.3 Å². The third-order valence-electron chi connectivity index (χ3n) is 6.99. The van der Waals surface area contributed by atoms with Crippen LogP contribution in [0, 0.1) is 11.8 Å². The molecule has 1 saturated carbocycles. The molecule has 2 saturated heterocycles. The number of piperidine rings is 2. The van der Waals surface area contributed by atoms with Crippen LogP contribution in [0.3, 0.4) is 0 Å². The van der Waals surface area contributed by atoms with Gasteiger partial charge in [-0.25, -0.2) is 0 Å². The van der Waals surface area contributed by atoms with E-state index in [0.717, 1.165) is 37.8 Å². The fourth-order valence-electron chi connectivity index (χ4n) is 5.52. The molecule has 1 aromatic heterocycles. The molecule has 0 aromatic carbocycles. The molecule has 6 nitrogen and oxygen atoms in total. The molecule has 172 valence electrons. The summed E-state index contributed by atoms with van der Waals surface area (Å²) in [6.07, 6.45) is 12.7. The van der Waals surface area contributed by atoms with Crippen molar-refractivity contribution in [2.75, 3.05) is 41.3 Å². The second-order valence-corrected chi connectivity index (χ2v) is 10.5. The van der Waals surface area contributed by atoms with E-state index in [-0.39, 0.29) is 0 Å². The lowest BCUT2D eigenvalue weighted by molar-refractivity contribution is 0.355. The van der Waals surface area contributed by atoms with Crippen molar-refractivity contribution in [3.8, 4) is 0 Å². The van der Waals surface area contributed by atoms with E-state index < -0.39 is 0 Å². The van der Waals surface area contributed by atoms with Gasteiger partial charge in [-0.3, -0.25) is 0 Å². The minimum Gasteiger partial charge on any atom is -0.360 e. The van der Waals surface area contributed by atoms with Gasteiger partial charge in [-0.05, 0) is 62.6 Å². The molecule has 1 aromatic rings. The summed E-state index contributed by atoms with van der Waals surface area (Å²) in [5.74, 6) is 4.08. The summed E-state index contributed by atoms with van der Waals surface area (Å²) in [7, 11) is 0. The molecule has 0 spiro atoms. The van der Waals surface area contributed by atoms with Crippen molar-refractivity contribution in [1.29, 1.82) is 0 Å². The molecule has 2 aliphatic heterocycles. The number of anilines is 3. The summed E-state index contributed by atoms with van der Waals surface area (Å²) in [6.45, 7) is 8.97. The zero-order valence-electron chi connectivity index (χ0n) is 19.4. The molecule has 0 amide bonds. The fraction of sp³-hybridized carbons (Fsp3) is 0.792. The van der Waals surface area contributed by atoms with Crippen LogP contribution in [-0.4, -0.2) is 47.3 Å². The van der Waals surface area contributed by atoms with E-state index in [0.29, 0.717) is 28.9 Å². The van der Waals surface area contributed by atoms with Crippen LogP contribution in [-0.2, 0) is 0 Å².